The highest BCUT2D eigenvalue weighted by Crippen LogP contribution is 2.48. The number of nitrogens with zero attached hydrogens (tertiary/aromatic N) is 4. The number of H-pyrrole nitrogens is 1. The lowest BCUT2D eigenvalue weighted by Crippen LogP contribution is -2.46. The van der Waals surface area contributed by atoms with E-state index >= 15 is 0 Å². The zero-order valence-corrected chi connectivity index (χ0v) is 15.4. The summed E-state index contributed by atoms with van der Waals surface area (Å²) in [7, 11) is 3.10. The Hall–Kier alpha value is -1.97. The molecule has 3 fully saturated rings. The monoisotopic (exact) mass is 361 g/mol. The quantitative estimate of drug-likeness (QED) is 0.788. The van der Waals surface area contributed by atoms with Gasteiger partial charge in [-0.2, -0.15) is 0 Å². The highest BCUT2D eigenvalue weighted by molar-refractivity contribution is 5.69. The number of ether oxygens (including phenoxy) is 2. The lowest BCUT2D eigenvalue weighted by molar-refractivity contribution is -0.155. The van der Waals surface area contributed by atoms with Crippen molar-refractivity contribution in [3.8, 4) is 0 Å². The van der Waals surface area contributed by atoms with Gasteiger partial charge in [0.25, 0.3) is 5.56 Å². The number of likely N-dealkylation sites (tertiary alicyclic amines) is 1. The van der Waals surface area contributed by atoms with Crippen molar-refractivity contribution in [2.24, 2.45) is 20.0 Å². The van der Waals surface area contributed by atoms with Gasteiger partial charge in [0.2, 0.25) is 0 Å². The van der Waals surface area contributed by atoms with E-state index in [1.807, 2.05) is 13.8 Å². The highest BCUT2D eigenvalue weighted by Gasteiger charge is 2.59. The number of aromatic nitrogens is 4. The van der Waals surface area contributed by atoms with Crippen LogP contribution in [0.4, 0.5) is 0 Å². The molecule has 2 saturated heterocycles. The van der Waals surface area contributed by atoms with Crippen molar-refractivity contribution in [3.63, 3.8) is 0 Å². The number of imidazole rings is 1. The second-order valence-electron chi connectivity index (χ2n) is 8.15. The van der Waals surface area contributed by atoms with Gasteiger partial charge >= 0.3 is 5.69 Å². The molecule has 5 rings (SSSR count). The molecule has 3 aliphatic rings. The summed E-state index contributed by atoms with van der Waals surface area (Å²) in [6.07, 6.45) is 1.33. The van der Waals surface area contributed by atoms with Crippen molar-refractivity contribution in [1.82, 2.24) is 24.0 Å². The van der Waals surface area contributed by atoms with Crippen LogP contribution in [0.15, 0.2) is 9.59 Å². The number of hydrogen-bond acceptors (Lipinski definition) is 6. The highest BCUT2D eigenvalue weighted by atomic mass is 16.8. The van der Waals surface area contributed by atoms with Gasteiger partial charge in [-0.05, 0) is 20.3 Å². The fraction of sp³-hybridized carbons (Fsp3) is 0.706. The van der Waals surface area contributed by atoms with E-state index in [2.05, 4.69) is 14.9 Å². The van der Waals surface area contributed by atoms with Crippen LogP contribution in [0.25, 0.3) is 11.2 Å². The molecule has 9 nitrogen and oxygen atoms in total. The molecule has 0 aromatic carbocycles. The third kappa shape index (κ3) is 2.11. The summed E-state index contributed by atoms with van der Waals surface area (Å²) in [5.41, 5.74) is 0.0480. The third-order valence-electron chi connectivity index (χ3n) is 5.99. The predicted molar refractivity (Wildman–Crippen MR) is 92.7 cm³/mol. The molecule has 9 heteroatoms. The molecule has 2 bridgehead atoms. The average Bonchev–Trinajstić information content (AvgIpc) is 3.30. The smallest absolute Gasteiger partial charge is 0.332 e. The molecule has 140 valence electrons. The molecule has 0 unspecified atom stereocenters. The van der Waals surface area contributed by atoms with Gasteiger partial charge in [-0.3, -0.25) is 18.8 Å². The third-order valence-corrected chi connectivity index (χ3v) is 5.99. The van der Waals surface area contributed by atoms with Crippen molar-refractivity contribution in [1.29, 1.82) is 0 Å². The van der Waals surface area contributed by atoms with Crippen LogP contribution in [0.1, 0.15) is 26.1 Å². The molecule has 2 aliphatic heterocycles. The lowest BCUT2D eigenvalue weighted by atomic mass is 10.0. The normalized spacial score (nSPS) is 32.6. The Morgan fingerprint density at radius 3 is 2.69 bits per heavy atom. The first-order chi connectivity index (χ1) is 12.2. The Morgan fingerprint density at radius 2 is 1.92 bits per heavy atom. The summed E-state index contributed by atoms with van der Waals surface area (Å²) in [5, 5.41) is 0. The van der Waals surface area contributed by atoms with Crippen LogP contribution in [0, 0.1) is 5.92 Å². The number of hydrogen-bond donors (Lipinski definition) is 1. The number of piperidine rings is 1. The van der Waals surface area contributed by atoms with E-state index in [1.54, 1.807) is 7.05 Å². The topological polar surface area (TPSA) is 94.4 Å². The summed E-state index contributed by atoms with van der Waals surface area (Å²) in [5.74, 6) is 0.639. The minimum atomic E-state index is -0.522. The maximum absolute atomic E-state index is 12.3. The van der Waals surface area contributed by atoms with Crippen LogP contribution in [-0.4, -0.2) is 54.6 Å². The van der Waals surface area contributed by atoms with Gasteiger partial charge in [0, 0.05) is 32.6 Å². The molecule has 26 heavy (non-hydrogen) atoms. The number of rotatable bonds is 2. The van der Waals surface area contributed by atoms with E-state index in [9.17, 15) is 9.59 Å². The predicted octanol–water partition coefficient (Wildman–Crippen LogP) is -0.315. The minimum Gasteiger partial charge on any atom is -0.344 e. The summed E-state index contributed by atoms with van der Waals surface area (Å²) < 4.78 is 14.7. The van der Waals surface area contributed by atoms with Crippen molar-refractivity contribution in [2.75, 3.05) is 6.54 Å². The summed E-state index contributed by atoms with van der Waals surface area (Å²) in [4.78, 5) is 34.4. The molecule has 2 aromatic heterocycles. The number of aryl methyl sites for hydroxylation is 1. The first kappa shape index (κ1) is 16.2. The van der Waals surface area contributed by atoms with E-state index < -0.39 is 5.79 Å². The standard InChI is InChI=1S/C17H23N5O4/c1-17(2)25-12-8-5-9(13(12)26-17)22(6-8)7-10-18-11-14(19-10)20(3)16(24)21(4)15(11)23/h8-9,12-13H,5-7H2,1-4H3,(H,18,19)/t8-,9-,12-,13+/m0/s1. The summed E-state index contributed by atoms with van der Waals surface area (Å²) >= 11 is 0. The van der Waals surface area contributed by atoms with Gasteiger partial charge < -0.3 is 14.5 Å². The fourth-order valence-electron chi connectivity index (χ4n) is 4.85. The maximum Gasteiger partial charge on any atom is 0.332 e. The Morgan fingerprint density at radius 1 is 1.19 bits per heavy atom. The van der Waals surface area contributed by atoms with Crippen molar-refractivity contribution in [2.45, 2.75) is 50.8 Å². The van der Waals surface area contributed by atoms with Crippen LogP contribution in [0.5, 0.6) is 0 Å². The molecule has 0 amide bonds. The van der Waals surface area contributed by atoms with E-state index in [0.29, 0.717) is 35.5 Å². The number of aromatic amines is 1. The molecular formula is C17H23N5O4. The van der Waals surface area contributed by atoms with E-state index in [4.69, 9.17) is 9.47 Å². The maximum atomic E-state index is 12.3. The second kappa shape index (κ2) is 5.05. The number of fused-ring (bicyclic) bond motifs is 6. The van der Waals surface area contributed by atoms with Gasteiger partial charge in [-0.1, -0.05) is 0 Å². The molecule has 1 saturated carbocycles. The minimum absolute atomic E-state index is 0.0883. The van der Waals surface area contributed by atoms with E-state index in [0.717, 1.165) is 17.5 Å². The van der Waals surface area contributed by atoms with Gasteiger partial charge in [-0.15, -0.1) is 0 Å². The van der Waals surface area contributed by atoms with Crippen molar-refractivity contribution >= 4 is 11.2 Å². The molecule has 2 aromatic rings. The van der Waals surface area contributed by atoms with Gasteiger partial charge in [-0.25, -0.2) is 9.78 Å². The lowest BCUT2D eigenvalue weighted by Gasteiger charge is -2.32. The molecule has 0 spiro atoms. The molecule has 1 N–H and O–H groups in total. The molecule has 0 radical (unpaired) electrons. The second-order valence-corrected chi connectivity index (χ2v) is 8.15. The summed E-state index contributed by atoms with van der Waals surface area (Å²) in [6, 6.07) is 0.298. The van der Waals surface area contributed by atoms with Crippen LogP contribution < -0.4 is 11.2 Å². The zero-order chi connectivity index (χ0) is 18.4. The average molecular weight is 361 g/mol. The largest absolute Gasteiger partial charge is 0.344 e. The Kier molecular flexibility index (Phi) is 3.15. The first-order valence-corrected chi connectivity index (χ1v) is 8.99. The SMILES string of the molecule is Cn1c(=O)c2[nH]c(CN3C[C@@H]4C[C@H]3[C@H]3OC(C)(C)O[C@@H]43)nc2n(C)c1=O. The zero-order valence-electron chi connectivity index (χ0n) is 15.4. The molecule has 4 atom stereocenters. The van der Waals surface area contributed by atoms with Gasteiger partial charge in [0.15, 0.2) is 11.4 Å². The van der Waals surface area contributed by atoms with Crippen LogP contribution >= 0.6 is 0 Å². The molecular weight excluding hydrogens is 338 g/mol. The van der Waals surface area contributed by atoms with Crippen molar-refractivity contribution in [3.05, 3.63) is 26.7 Å². The Bertz CT molecular complexity index is 1020. The molecule has 1 aliphatic carbocycles. The van der Waals surface area contributed by atoms with Crippen molar-refractivity contribution < 1.29 is 9.47 Å². The Balaban J connectivity index is 1.45. The van der Waals surface area contributed by atoms with Gasteiger partial charge in [0.1, 0.15) is 17.4 Å². The van der Waals surface area contributed by atoms with Crippen LogP contribution in [0.2, 0.25) is 0 Å². The number of nitrogens with one attached hydrogen (secondary N) is 1. The van der Waals surface area contributed by atoms with Crippen LogP contribution in [-0.2, 0) is 30.1 Å². The molecule has 4 heterocycles. The summed E-state index contributed by atoms with van der Waals surface area (Å²) in [6.45, 7) is 5.45. The first-order valence-electron chi connectivity index (χ1n) is 8.99. The Labute approximate surface area is 149 Å². The van der Waals surface area contributed by atoms with Gasteiger partial charge in [0.05, 0.1) is 12.6 Å². The van der Waals surface area contributed by atoms with Crippen LogP contribution in [0.3, 0.4) is 0 Å². The fourth-order valence-corrected chi connectivity index (χ4v) is 4.85. The van der Waals surface area contributed by atoms with E-state index in [-0.39, 0.29) is 23.5 Å². The van der Waals surface area contributed by atoms with E-state index in [1.165, 1.54) is 11.6 Å².